The van der Waals surface area contributed by atoms with E-state index < -0.39 is 0 Å². The van der Waals surface area contributed by atoms with Crippen molar-refractivity contribution in [3.8, 4) is 0 Å². The fourth-order valence-corrected chi connectivity index (χ4v) is 1.49. The molecule has 2 aliphatic rings. The van der Waals surface area contributed by atoms with Gasteiger partial charge >= 0.3 is 0 Å². The van der Waals surface area contributed by atoms with Gasteiger partial charge in [-0.25, -0.2) is 0 Å². The van der Waals surface area contributed by atoms with Crippen LogP contribution in [0, 0.1) is 6.42 Å². The van der Waals surface area contributed by atoms with E-state index in [4.69, 9.17) is 10.5 Å². The SMILES string of the molecule is CCC1=C(OC2CC2)C[CH]C(N)=C1. The minimum atomic E-state index is 0.498. The van der Waals surface area contributed by atoms with Crippen LogP contribution in [-0.2, 0) is 4.74 Å². The monoisotopic (exact) mass is 178 g/mol. The topological polar surface area (TPSA) is 35.2 Å². The molecule has 0 unspecified atom stereocenters. The van der Waals surface area contributed by atoms with Gasteiger partial charge in [0.1, 0.15) is 5.76 Å². The molecule has 0 aromatic rings. The Kier molecular flexibility index (Phi) is 2.30. The molecule has 2 rings (SSSR count). The first-order valence-corrected chi connectivity index (χ1v) is 4.98. The van der Waals surface area contributed by atoms with Crippen molar-refractivity contribution in [2.45, 2.75) is 38.7 Å². The highest BCUT2D eigenvalue weighted by Gasteiger charge is 2.26. The Bertz CT molecular complexity index is 261. The lowest BCUT2D eigenvalue weighted by molar-refractivity contribution is 0.187. The van der Waals surface area contributed by atoms with Gasteiger partial charge in [-0.2, -0.15) is 0 Å². The lowest BCUT2D eigenvalue weighted by Crippen LogP contribution is -2.09. The Balaban J connectivity index is 2.10. The largest absolute Gasteiger partial charge is 0.494 e. The molecule has 0 aromatic heterocycles. The van der Waals surface area contributed by atoms with Crippen molar-refractivity contribution in [1.82, 2.24) is 0 Å². The average Bonchev–Trinajstić information content (AvgIpc) is 2.92. The maximum atomic E-state index is 5.80. The van der Waals surface area contributed by atoms with Gasteiger partial charge in [-0.3, -0.25) is 0 Å². The van der Waals surface area contributed by atoms with Crippen molar-refractivity contribution in [2.24, 2.45) is 5.73 Å². The van der Waals surface area contributed by atoms with E-state index in [1.807, 2.05) is 12.5 Å². The van der Waals surface area contributed by atoms with Crippen LogP contribution in [0.1, 0.15) is 32.6 Å². The van der Waals surface area contributed by atoms with E-state index in [9.17, 15) is 0 Å². The van der Waals surface area contributed by atoms with Gasteiger partial charge in [0, 0.05) is 18.5 Å². The lowest BCUT2D eigenvalue weighted by atomic mass is 10.0. The number of nitrogens with two attached hydrogens (primary N) is 1. The maximum absolute atomic E-state index is 5.80. The summed E-state index contributed by atoms with van der Waals surface area (Å²) in [5.74, 6) is 1.14. The van der Waals surface area contributed by atoms with Crippen molar-refractivity contribution in [1.29, 1.82) is 0 Å². The standard InChI is InChI=1S/C11H16NO/c1-2-8-7-9(12)3-6-11(8)13-10-4-5-10/h3,7,10H,2,4-6,12H2,1H3. The van der Waals surface area contributed by atoms with Crippen LogP contribution < -0.4 is 5.73 Å². The molecule has 0 bridgehead atoms. The van der Waals surface area contributed by atoms with Gasteiger partial charge in [0.2, 0.25) is 0 Å². The van der Waals surface area contributed by atoms with Crippen molar-refractivity contribution >= 4 is 0 Å². The third-order valence-electron chi connectivity index (χ3n) is 2.44. The summed E-state index contributed by atoms with van der Waals surface area (Å²) in [4.78, 5) is 0. The zero-order chi connectivity index (χ0) is 9.26. The van der Waals surface area contributed by atoms with Crippen molar-refractivity contribution < 1.29 is 4.74 Å². The molecule has 0 atom stereocenters. The summed E-state index contributed by atoms with van der Waals surface area (Å²) in [7, 11) is 0. The number of allylic oxidation sites excluding steroid dienone is 4. The highest BCUT2D eigenvalue weighted by Crippen LogP contribution is 2.32. The van der Waals surface area contributed by atoms with E-state index in [0.717, 1.165) is 24.3 Å². The van der Waals surface area contributed by atoms with E-state index in [2.05, 4.69) is 6.92 Å². The predicted molar refractivity (Wildman–Crippen MR) is 52.6 cm³/mol. The summed E-state index contributed by atoms with van der Waals surface area (Å²) >= 11 is 0. The Morgan fingerprint density at radius 2 is 2.31 bits per heavy atom. The molecule has 0 heterocycles. The Labute approximate surface area is 79.5 Å². The molecule has 2 nitrogen and oxygen atoms in total. The summed E-state index contributed by atoms with van der Waals surface area (Å²) in [6.45, 7) is 2.14. The fraction of sp³-hybridized carbons (Fsp3) is 0.545. The summed E-state index contributed by atoms with van der Waals surface area (Å²) in [5, 5.41) is 0. The van der Waals surface area contributed by atoms with Crippen LogP contribution in [-0.4, -0.2) is 6.10 Å². The highest BCUT2D eigenvalue weighted by molar-refractivity contribution is 5.34. The molecule has 13 heavy (non-hydrogen) atoms. The van der Waals surface area contributed by atoms with Gasteiger partial charge in [-0.1, -0.05) is 6.92 Å². The normalized spacial score (nSPS) is 23.0. The molecule has 0 spiro atoms. The number of hydrogen-bond acceptors (Lipinski definition) is 2. The van der Waals surface area contributed by atoms with Gasteiger partial charge < -0.3 is 10.5 Å². The zero-order valence-electron chi connectivity index (χ0n) is 8.05. The summed E-state index contributed by atoms with van der Waals surface area (Å²) in [5.41, 5.74) is 7.87. The molecule has 0 aromatic carbocycles. The van der Waals surface area contributed by atoms with E-state index >= 15 is 0 Å². The molecule has 2 heteroatoms. The molecule has 2 aliphatic carbocycles. The third-order valence-corrected chi connectivity index (χ3v) is 2.44. The Hall–Kier alpha value is -0.920. The first kappa shape index (κ1) is 8.67. The van der Waals surface area contributed by atoms with Crippen LogP contribution in [0.25, 0.3) is 0 Å². The predicted octanol–water partition coefficient (Wildman–Crippen LogP) is 2.28. The molecule has 1 saturated carbocycles. The first-order valence-electron chi connectivity index (χ1n) is 4.98. The quantitative estimate of drug-likeness (QED) is 0.719. The van der Waals surface area contributed by atoms with Crippen LogP contribution in [0.5, 0.6) is 0 Å². The van der Waals surface area contributed by atoms with Crippen LogP contribution >= 0.6 is 0 Å². The van der Waals surface area contributed by atoms with Gasteiger partial charge in [-0.05, 0) is 30.9 Å². The molecular weight excluding hydrogens is 162 g/mol. The molecule has 0 aliphatic heterocycles. The molecule has 1 fully saturated rings. The van der Waals surface area contributed by atoms with Crippen molar-refractivity contribution in [2.75, 3.05) is 0 Å². The summed E-state index contributed by atoms with van der Waals surface area (Å²) in [6, 6.07) is 0. The summed E-state index contributed by atoms with van der Waals surface area (Å²) in [6.07, 6.45) is 8.88. The molecule has 0 saturated heterocycles. The average molecular weight is 178 g/mol. The van der Waals surface area contributed by atoms with E-state index in [1.54, 1.807) is 0 Å². The number of hydrogen-bond donors (Lipinski definition) is 1. The molecule has 71 valence electrons. The van der Waals surface area contributed by atoms with Crippen LogP contribution in [0.3, 0.4) is 0 Å². The first-order chi connectivity index (χ1) is 6.29. The second-order valence-corrected chi connectivity index (χ2v) is 3.67. The maximum Gasteiger partial charge on any atom is 0.100 e. The van der Waals surface area contributed by atoms with Crippen LogP contribution in [0.2, 0.25) is 0 Å². The molecule has 2 N–H and O–H groups in total. The fourth-order valence-electron chi connectivity index (χ4n) is 1.49. The minimum absolute atomic E-state index is 0.498. The zero-order valence-corrected chi connectivity index (χ0v) is 8.05. The lowest BCUT2D eigenvalue weighted by Gasteiger charge is -2.18. The minimum Gasteiger partial charge on any atom is -0.494 e. The van der Waals surface area contributed by atoms with Crippen molar-refractivity contribution in [3.05, 3.63) is 29.5 Å². The molecular formula is C11H16NO. The van der Waals surface area contributed by atoms with E-state index in [1.165, 1.54) is 18.4 Å². The number of ether oxygens (including phenoxy) is 1. The van der Waals surface area contributed by atoms with Gasteiger partial charge in [0.15, 0.2) is 0 Å². The molecule has 1 radical (unpaired) electrons. The highest BCUT2D eigenvalue weighted by atomic mass is 16.5. The Morgan fingerprint density at radius 3 is 2.92 bits per heavy atom. The Morgan fingerprint density at radius 1 is 1.54 bits per heavy atom. The molecule has 0 amide bonds. The van der Waals surface area contributed by atoms with Crippen LogP contribution in [0.4, 0.5) is 0 Å². The van der Waals surface area contributed by atoms with Gasteiger partial charge in [0.25, 0.3) is 0 Å². The van der Waals surface area contributed by atoms with Gasteiger partial charge in [0.05, 0.1) is 6.10 Å². The smallest absolute Gasteiger partial charge is 0.100 e. The van der Waals surface area contributed by atoms with Crippen LogP contribution in [0.15, 0.2) is 23.1 Å². The second kappa shape index (κ2) is 3.44. The second-order valence-electron chi connectivity index (χ2n) is 3.67. The summed E-state index contributed by atoms with van der Waals surface area (Å²) < 4.78 is 5.80. The van der Waals surface area contributed by atoms with E-state index in [-0.39, 0.29) is 0 Å². The third kappa shape index (κ3) is 2.06. The van der Waals surface area contributed by atoms with E-state index in [0.29, 0.717) is 6.10 Å². The van der Waals surface area contributed by atoms with Crippen molar-refractivity contribution in [3.63, 3.8) is 0 Å². The van der Waals surface area contributed by atoms with Gasteiger partial charge in [-0.15, -0.1) is 0 Å². The number of rotatable bonds is 3.